The summed E-state index contributed by atoms with van der Waals surface area (Å²) in [4.78, 5) is 5.09. The van der Waals surface area contributed by atoms with Crippen LogP contribution < -0.4 is 5.73 Å². The van der Waals surface area contributed by atoms with Crippen LogP contribution in [0.5, 0.6) is 0 Å². The fourth-order valence-corrected chi connectivity index (χ4v) is 2.91. The van der Waals surface area contributed by atoms with Crippen LogP contribution in [0.1, 0.15) is 5.56 Å². The van der Waals surface area contributed by atoms with Crippen molar-refractivity contribution in [1.82, 2.24) is 4.98 Å². The van der Waals surface area contributed by atoms with Gasteiger partial charge in [0, 0.05) is 27.0 Å². The van der Waals surface area contributed by atoms with Crippen molar-refractivity contribution in [2.75, 3.05) is 5.73 Å². The molecule has 2 nitrogen and oxygen atoms in total. The van der Waals surface area contributed by atoms with Crippen LogP contribution in [-0.4, -0.2) is 4.98 Å². The van der Waals surface area contributed by atoms with E-state index in [0.717, 1.165) is 26.4 Å². The fraction of sp³-hybridized carbons (Fsp3) is 0.0833. The Kier molecular flexibility index (Phi) is 4.31. The van der Waals surface area contributed by atoms with Gasteiger partial charge >= 0.3 is 0 Å². The number of nitrogens with zero attached hydrogens (tertiary/aromatic N) is 1. The predicted molar refractivity (Wildman–Crippen MR) is 77.4 cm³/mol. The predicted octanol–water partition coefficient (Wildman–Crippen LogP) is 4.37. The van der Waals surface area contributed by atoms with E-state index in [1.165, 1.54) is 0 Å². The van der Waals surface area contributed by atoms with E-state index in [0.29, 0.717) is 5.15 Å². The Bertz CT molecular complexity index is 534. The molecule has 0 saturated carbocycles. The molecule has 0 unspecified atom stereocenters. The fourth-order valence-electron chi connectivity index (χ4n) is 1.33. The van der Waals surface area contributed by atoms with Crippen LogP contribution in [0.25, 0.3) is 0 Å². The average Bonchev–Trinajstić information content (AvgIpc) is 2.30. The standard InChI is InChI=1S/C12H10BrClN2S/c13-9-3-4-11(10(15)6-9)17-7-8-2-1-5-16-12(8)14/h1-6H,7,15H2. The number of thioether (sulfide) groups is 1. The topological polar surface area (TPSA) is 38.9 Å². The van der Waals surface area contributed by atoms with Crippen LogP contribution in [0, 0.1) is 0 Å². The van der Waals surface area contributed by atoms with Gasteiger partial charge in [0.15, 0.2) is 0 Å². The molecule has 17 heavy (non-hydrogen) atoms. The third-order valence-corrected chi connectivity index (χ3v) is 4.16. The molecule has 5 heteroatoms. The molecule has 88 valence electrons. The number of rotatable bonds is 3. The van der Waals surface area contributed by atoms with Gasteiger partial charge in [-0.25, -0.2) is 4.98 Å². The van der Waals surface area contributed by atoms with E-state index in [2.05, 4.69) is 20.9 Å². The van der Waals surface area contributed by atoms with Gasteiger partial charge in [0.05, 0.1) is 0 Å². The molecule has 0 spiro atoms. The Morgan fingerprint density at radius 3 is 2.88 bits per heavy atom. The second kappa shape index (κ2) is 5.76. The summed E-state index contributed by atoms with van der Waals surface area (Å²) in [7, 11) is 0. The molecule has 1 aromatic heterocycles. The van der Waals surface area contributed by atoms with Gasteiger partial charge in [0.1, 0.15) is 5.15 Å². The summed E-state index contributed by atoms with van der Waals surface area (Å²) in [5, 5.41) is 0.552. The molecule has 0 saturated heterocycles. The summed E-state index contributed by atoms with van der Waals surface area (Å²) in [6, 6.07) is 9.72. The lowest BCUT2D eigenvalue weighted by Gasteiger charge is -2.06. The number of benzene rings is 1. The quantitative estimate of drug-likeness (QED) is 0.516. The second-order valence-electron chi connectivity index (χ2n) is 3.42. The van der Waals surface area contributed by atoms with Crippen LogP contribution in [0.15, 0.2) is 45.9 Å². The molecule has 0 fully saturated rings. The number of halogens is 2. The van der Waals surface area contributed by atoms with Crippen molar-refractivity contribution in [1.29, 1.82) is 0 Å². The lowest BCUT2D eigenvalue weighted by molar-refractivity contribution is 1.25. The molecular formula is C12H10BrClN2S. The maximum atomic E-state index is 5.99. The van der Waals surface area contributed by atoms with Crippen molar-refractivity contribution >= 4 is 45.0 Å². The first-order valence-electron chi connectivity index (χ1n) is 4.94. The minimum atomic E-state index is 0.552. The lowest BCUT2D eigenvalue weighted by atomic mass is 10.3. The number of hydrogen-bond donors (Lipinski definition) is 1. The monoisotopic (exact) mass is 328 g/mol. The summed E-state index contributed by atoms with van der Waals surface area (Å²) in [5.74, 6) is 0.762. The summed E-state index contributed by atoms with van der Waals surface area (Å²) >= 11 is 11.0. The van der Waals surface area contributed by atoms with Gasteiger partial charge in [-0.05, 0) is 29.8 Å². The van der Waals surface area contributed by atoms with Crippen molar-refractivity contribution in [2.45, 2.75) is 10.6 Å². The normalized spacial score (nSPS) is 10.5. The van der Waals surface area contributed by atoms with Crippen LogP contribution in [-0.2, 0) is 5.75 Å². The molecule has 0 aliphatic rings. The molecule has 0 radical (unpaired) electrons. The molecular weight excluding hydrogens is 320 g/mol. The van der Waals surface area contributed by atoms with Gasteiger partial charge < -0.3 is 5.73 Å². The third-order valence-electron chi connectivity index (χ3n) is 2.19. The van der Waals surface area contributed by atoms with E-state index in [9.17, 15) is 0 Å². The van der Waals surface area contributed by atoms with Gasteiger partial charge in [-0.1, -0.05) is 33.6 Å². The van der Waals surface area contributed by atoms with E-state index >= 15 is 0 Å². The highest BCUT2D eigenvalue weighted by atomic mass is 79.9. The van der Waals surface area contributed by atoms with Crippen molar-refractivity contribution < 1.29 is 0 Å². The zero-order valence-corrected chi connectivity index (χ0v) is 12.0. The van der Waals surface area contributed by atoms with Gasteiger partial charge in [-0.3, -0.25) is 0 Å². The number of nitrogens with two attached hydrogens (primary N) is 1. The third kappa shape index (κ3) is 3.37. The van der Waals surface area contributed by atoms with Gasteiger partial charge in [0.2, 0.25) is 0 Å². The molecule has 0 atom stereocenters. The molecule has 0 bridgehead atoms. The van der Waals surface area contributed by atoms with E-state index in [4.69, 9.17) is 17.3 Å². The molecule has 2 aromatic rings. The number of aromatic nitrogens is 1. The first-order chi connectivity index (χ1) is 8.16. The second-order valence-corrected chi connectivity index (χ2v) is 5.72. The Hall–Kier alpha value is -0.710. The zero-order chi connectivity index (χ0) is 12.3. The SMILES string of the molecule is Nc1cc(Br)ccc1SCc1cccnc1Cl. The van der Waals surface area contributed by atoms with Crippen LogP contribution >= 0.6 is 39.3 Å². The summed E-state index contributed by atoms with van der Waals surface area (Å²) in [5.41, 5.74) is 7.71. The maximum absolute atomic E-state index is 5.99. The van der Waals surface area contributed by atoms with Gasteiger partial charge in [-0.2, -0.15) is 0 Å². The van der Waals surface area contributed by atoms with E-state index < -0.39 is 0 Å². The van der Waals surface area contributed by atoms with Crippen molar-refractivity contribution in [2.24, 2.45) is 0 Å². The van der Waals surface area contributed by atoms with Crippen LogP contribution in [0.2, 0.25) is 5.15 Å². The molecule has 0 amide bonds. The first-order valence-corrected chi connectivity index (χ1v) is 7.09. The number of hydrogen-bond acceptors (Lipinski definition) is 3. The van der Waals surface area contributed by atoms with Crippen molar-refractivity contribution in [3.63, 3.8) is 0 Å². The minimum Gasteiger partial charge on any atom is -0.398 e. The highest BCUT2D eigenvalue weighted by Gasteiger charge is 2.04. The Morgan fingerprint density at radius 2 is 2.18 bits per heavy atom. The first kappa shape index (κ1) is 12.7. The molecule has 2 N–H and O–H groups in total. The van der Waals surface area contributed by atoms with Crippen molar-refractivity contribution in [3.05, 3.63) is 51.7 Å². The Morgan fingerprint density at radius 1 is 1.35 bits per heavy atom. The molecule has 0 aliphatic carbocycles. The molecule has 1 aromatic carbocycles. The van der Waals surface area contributed by atoms with Crippen molar-refractivity contribution in [3.8, 4) is 0 Å². The average molecular weight is 330 g/mol. The smallest absolute Gasteiger partial charge is 0.133 e. The minimum absolute atomic E-state index is 0.552. The van der Waals surface area contributed by atoms with Crippen LogP contribution in [0.3, 0.4) is 0 Å². The Balaban J connectivity index is 2.10. The highest BCUT2D eigenvalue weighted by molar-refractivity contribution is 9.10. The number of pyridine rings is 1. The summed E-state index contributed by atoms with van der Waals surface area (Å²) in [6.07, 6.45) is 1.69. The number of anilines is 1. The lowest BCUT2D eigenvalue weighted by Crippen LogP contribution is -1.90. The van der Waals surface area contributed by atoms with E-state index in [1.807, 2.05) is 30.3 Å². The zero-order valence-electron chi connectivity index (χ0n) is 8.86. The highest BCUT2D eigenvalue weighted by Crippen LogP contribution is 2.31. The maximum Gasteiger partial charge on any atom is 0.133 e. The molecule has 0 aliphatic heterocycles. The van der Waals surface area contributed by atoms with E-state index in [-0.39, 0.29) is 0 Å². The largest absolute Gasteiger partial charge is 0.398 e. The number of nitrogen functional groups attached to an aromatic ring is 1. The molecule has 2 rings (SSSR count). The summed E-state index contributed by atoms with van der Waals surface area (Å²) in [6.45, 7) is 0. The van der Waals surface area contributed by atoms with Gasteiger partial charge in [0.25, 0.3) is 0 Å². The molecule has 1 heterocycles. The Labute approximate surface area is 118 Å². The van der Waals surface area contributed by atoms with Crippen LogP contribution in [0.4, 0.5) is 5.69 Å². The van der Waals surface area contributed by atoms with E-state index in [1.54, 1.807) is 18.0 Å². The van der Waals surface area contributed by atoms with Gasteiger partial charge in [-0.15, -0.1) is 11.8 Å². The summed E-state index contributed by atoms with van der Waals surface area (Å²) < 4.78 is 0.985.